The molecule has 2 aromatic carbocycles. The molecule has 0 spiro atoms. The SMILES string of the molecule is COc1cc2sn(CCCCCCN(C)Cc3ccccc3)c(=O)c2cc1OC. The van der Waals surface area contributed by atoms with Crippen molar-refractivity contribution in [3.05, 3.63) is 58.4 Å². The van der Waals surface area contributed by atoms with Crippen molar-refractivity contribution in [2.24, 2.45) is 0 Å². The quantitative estimate of drug-likeness (QED) is 0.424. The summed E-state index contributed by atoms with van der Waals surface area (Å²) in [5, 5.41) is 0.704. The van der Waals surface area contributed by atoms with Crippen LogP contribution in [0, 0.1) is 0 Å². The van der Waals surface area contributed by atoms with Gasteiger partial charge in [0, 0.05) is 19.2 Å². The molecule has 29 heavy (non-hydrogen) atoms. The Labute approximate surface area is 176 Å². The van der Waals surface area contributed by atoms with Gasteiger partial charge in [0.05, 0.1) is 24.3 Å². The molecule has 6 heteroatoms. The summed E-state index contributed by atoms with van der Waals surface area (Å²) in [7, 11) is 5.37. The zero-order valence-corrected chi connectivity index (χ0v) is 18.3. The first kappa shape index (κ1) is 21.4. The number of hydrogen-bond donors (Lipinski definition) is 0. The minimum atomic E-state index is 0.0635. The van der Waals surface area contributed by atoms with E-state index in [-0.39, 0.29) is 5.56 Å². The van der Waals surface area contributed by atoms with Crippen molar-refractivity contribution in [1.29, 1.82) is 0 Å². The summed E-state index contributed by atoms with van der Waals surface area (Å²) in [5.41, 5.74) is 1.42. The van der Waals surface area contributed by atoms with Crippen LogP contribution in [0.1, 0.15) is 31.2 Å². The smallest absolute Gasteiger partial charge is 0.268 e. The van der Waals surface area contributed by atoms with Crippen molar-refractivity contribution in [3.8, 4) is 11.5 Å². The Balaban J connectivity index is 1.44. The molecule has 0 bridgehead atoms. The summed E-state index contributed by atoms with van der Waals surface area (Å²) in [4.78, 5) is 15.0. The Morgan fingerprint density at radius 2 is 1.66 bits per heavy atom. The van der Waals surface area contributed by atoms with Gasteiger partial charge in [0.25, 0.3) is 5.56 Å². The molecule has 0 saturated heterocycles. The summed E-state index contributed by atoms with van der Waals surface area (Å²) >= 11 is 1.50. The molecule has 0 aliphatic heterocycles. The molecule has 0 N–H and O–H groups in total. The monoisotopic (exact) mass is 414 g/mol. The Bertz CT molecular complexity index is 965. The van der Waals surface area contributed by atoms with Crippen LogP contribution in [0.4, 0.5) is 0 Å². The molecule has 0 aliphatic rings. The minimum absolute atomic E-state index is 0.0635. The molecule has 5 nitrogen and oxygen atoms in total. The summed E-state index contributed by atoms with van der Waals surface area (Å²) in [6.45, 7) is 2.85. The molecule has 3 rings (SSSR count). The lowest BCUT2D eigenvalue weighted by Gasteiger charge is -2.16. The average Bonchev–Trinajstić information content (AvgIpc) is 3.04. The highest BCUT2D eigenvalue weighted by atomic mass is 32.1. The molecule has 0 saturated carbocycles. The van der Waals surface area contributed by atoms with Gasteiger partial charge >= 0.3 is 0 Å². The summed E-state index contributed by atoms with van der Waals surface area (Å²) in [6, 6.07) is 14.2. The maximum absolute atomic E-state index is 12.6. The van der Waals surface area contributed by atoms with E-state index in [1.807, 2.05) is 10.0 Å². The molecular formula is C23H30N2O3S. The van der Waals surface area contributed by atoms with Gasteiger partial charge in [-0.3, -0.25) is 8.75 Å². The Morgan fingerprint density at radius 1 is 0.966 bits per heavy atom. The van der Waals surface area contributed by atoms with Gasteiger partial charge in [-0.05, 0) is 38.1 Å². The molecule has 1 aromatic heterocycles. The number of ether oxygens (including phenoxy) is 2. The Morgan fingerprint density at radius 3 is 2.38 bits per heavy atom. The maximum atomic E-state index is 12.6. The van der Waals surface area contributed by atoms with Crippen LogP contribution in [0.15, 0.2) is 47.3 Å². The second-order valence-corrected chi connectivity index (χ2v) is 8.40. The van der Waals surface area contributed by atoms with Gasteiger partial charge in [-0.15, -0.1) is 0 Å². The van der Waals surface area contributed by atoms with Crippen molar-refractivity contribution >= 4 is 21.6 Å². The Hall–Kier alpha value is -2.31. The molecule has 0 fully saturated rings. The van der Waals surface area contributed by atoms with Gasteiger partial charge in [-0.2, -0.15) is 0 Å². The van der Waals surface area contributed by atoms with Crippen LogP contribution in [0.5, 0.6) is 11.5 Å². The number of aromatic nitrogens is 1. The number of unbranched alkanes of at least 4 members (excludes halogenated alkanes) is 3. The predicted molar refractivity (Wildman–Crippen MR) is 120 cm³/mol. The van der Waals surface area contributed by atoms with Crippen molar-refractivity contribution in [2.75, 3.05) is 27.8 Å². The number of fused-ring (bicyclic) bond motifs is 1. The molecular weight excluding hydrogens is 384 g/mol. The third-order valence-electron chi connectivity index (χ3n) is 5.10. The topological polar surface area (TPSA) is 43.7 Å². The van der Waals surface area contributed by atoms with E-state index in [0.29, 0.717) is 16.9 Å². The van der Waals surface area contributed by atoms with Crippen LogP contribution in [-0.4, -0.2) is 36.7 Å². The van der Waals surface area contributed by atoms with E-state index in [2.05, 4.69) is 42.3 Å². The first-order valence-corrected chi connectivity index (χ1v) is 10.9. The van der Waals surface area contributed by atoms with E-state index in [9.17, 15) is 4.79 Å². The first-order chi connectivity index (χ1) is 14.1. The number of aryl methyl sites for hydroxylation is 1. The van der Waals surface area contributed by atoms with E-state index in [4.69, 9.17) is 9.47 Å². The van der Waals surface area contributed by atoms with Crippen LogP contribution in [0.3, 0.4) is 0 Å². The number of methoxy groups -OCH3 is 2. The fourth-order valence-corrected chi connectivity index (χ4v) is 4.55. The average molecular weight is 415 g/mol. The molecule has 156 valence electrons. The van der Waals surface area contributed by atoms with Crippen molar-refractivity contribution in [1.82, 2.24) is 8.86 Å². The zero-order chi connectivity index (χ0) is 20.6. The fourth-order valence-electron chi connectivity index (χ4n) is 3.51. The van der Waals surface area contributed by atoms with Crippen molar-refractivity contribution in [3.63, 3.8) is 0 Å². The lowest BCUT2D eigenvalue weighted by atomic mass is 10.1. The zero-order valence-electron chi connectivity index (χ0n) is 17.5. The largest absolute Gasteiger partial charge is 0.493 e. The second-order valence-electron chi connectivity index (χ2n) is 7.34. The van der Waals surface area contributed by atoms with E-state index in [0.717, 1.165) is 37.2 Å². The van der Waals surface area contributed by atoms with Crippen LogP contribution in [0.25, 0.3) is 10.1 Å². The van der Waals surface area contributed by atoms with E-state index in [1.165, 1.54) is 29.9 Å². The number of hydrogen-bond acceptors (Lipinski definition) is 5. The highest BCUT2D eigenvalue weighted by molar-refractivity contribution is 7.13. The van der Waals surface area contributed by atoms with Crippen LogP contribution < -0.4 is 15.0 Å². The molecule has 0 unspecified atom stereocenters. The molecule has 0 radical (unpaired) electrons. The summed E-state index contributed by atoms with van der Waals surface area (Å²) in [5.74, 6) is 1.26. The first-order valence-electron chi connectivity index (χ1n) is 10.1. The number of benzene rings is 2. The van der Waals surface area contributed by atoms with Gasteiger partial charge in [-0.1, -0.05) is 54.7 Å². The number of rotatable bonds is 11. The van der Waals surface area contributed by atoms with Gasteiger partial charge in [0.15, 0.2) is 11.5 Å². The number of nitrogens with zero attached hydrogens (tertiary/aromatic N) is 2. The lowest BCUT2D eigenvalue weighted by molar-refractivity contribution is 0.316. The van der Waals surface area contributed by atoms with Gasteiger partial charge in [0.2, 0.25) is 0 Å². The predicted octanol–water partition coefficient (Wildman–Crippen LogP) is 4.77. The second kappa shape index (κ2) is 10.5. The lowest BCUT2D eigenvalue weighted by Crippen LogP contribution is -2.19. The standard InChI is InChI=1S/C23H30N2O3S/c1-24(17-18-11-7-6-8-12-18)13-9-4-5-10-14-25-23(26)19-15-20(27-2)21(28-3)16-22(19)29-25/h6-8,11-12,15-16H,4-5,9-10,13-14,17H2,1-3H3. The molecule has 0 atom stereocenters. The fraction of sp³-hybridized carbons (Fsp3) is 0.435. The van der Waals surface area contributed by atoms with Crippen LogP contribution >= 0.6 is 11.5 Å². The summed E-state index contributed by atoms with van der Waals surface area (Å²) in [6.07, 6.45) is 4.51. The van der Waals surface area contributed by atoms with Crippen LogP contribution in [-0.2, 0) is 13.1 Å². The molecule has 0 amide bonds. The molecule has 3 aromatic rings. The van der Waals surface area contributed by atoms with Gasteiger partial charge in [0.1, 0.15) is 0 Å². The minimum Gasteiger partial charge on any atom is -0.493 e. The highest BCUT2D eigenvalue weighted by Crippen LogP contribution is 2.32. The third kappa shape index (κ3) is 5.61. The van der Waals surface area contributed by atoms with Crippen molar-refractivity contribution in [2.45, 2.75) is 38.8 Å². The van der Waals surface area contributed by atoms with Crippen molar-refractivity contribution < 1.29 is 9.47 Å². The molecule has 0 aliphatic carbocycles. The van der Waals surface area contributed by atoms with E-state index < -0.39 is 0 Å². The normalized spacial score (nSPS) is 11.3. The van der Waals surface area contributed by atoms with E-state index in [1.54, 1.807) is 20.3 Å². The third-order valence-corrected chi connectivity index (χ3v) is 6.20. The summed E-state index contributed by atoms with van der Waals surface area (Å²) < 4.78 is 13.5. The van der Waals surface area contributed by atoms with E-state index >= 15 is 0 Å². The highest BCUT2D eigenvalue weighted by Gasteiger charge is 2.13. The Kier molecular flexibility index (Phi) is 7.72. The van der Waals surface area contributed by atoms with Gasteiger partial charge in [-0.25, -0.2) is 0 Å². The molecule has 1 heterocycles. The maximum Gasteiger partial charge on any atom is 0.268 e. The van der Waals surface area contributed by atoms with Gasteiger partial charge < -0.3 is 14.4 Å². The van der Waals surface area contributed by atoms with Crippen LogP contribution in [0.2, 0.25) is 0 Å².